The zero-order chi connectivity index (χ0) is 9.84. The Labute approximate surface area is 78.0 Å². The number of aliphatic carboxylic acids is 1. The SMILES string of the molecule is CCC(CO)NC1CCC1C(=O)O. The summed E-state index contributed by atoms with van der Waals surface area (Å²) in [6.07, 6.45) is 2.50. The first-order chi connectivity index (χ1) is 6.19. The van der Waals surface area contributed by atoms with Crippen LogP contribution in [0, 0.1) is 5.92 Å². The van der Waals surface area contributed by atoms with E-state index in [1.807, 2.05) is 6.92 Å². The monoisotopic (exact) mass is 187 g/mol. The lowest BCUT2D eigenvalue weighted by molar-refractivity contribution is -0.146. The minimum absolute atomic E-state index is 0.0483. The molecule has 4 heteroatoms. The second-order valence-corrected chi connectivity index (χ2v) is 3.58. The van der Waals surface area contributed by atoms with Crippen LogP contribution in [0.3, 0.4) is 0 Å². The van der Waals surface area contributed by atoms with E-state index < -0.39 is 5.97 Å². The highest BCUT2D eigenvalue weighted by atomic mass is 16.4. The highest BCUT2D eigenvalue weighted by Gasteiger charge is 2.37. The molecule has 0 saturated heterocycles. The lowest BCUT2D eigenvalue weighted by Gasteiger charge is -2.36. The first kappa shape index (κ1) is 10.5. The summed E-state index contributed by atoms with van der Waals surface area (Å²) in [6.45, 7) is 2.06. The largest absolute Gasteiger partial charge is 0.481 e. The fourth-order valence-electron chi connectivity index (χ4n) is 1.60. The number of carboxylic acids is 1. The number of aliphatic hydroxyl groups excluding tert-OH is 1. The van der Waals surface area contributed by atoms with Gasteiger partial charge in [-0.05, 0) is 19.3 Å². The molecule has 1 rings (SSSR count). The Morgan fingerprint density at radius 3 is 2.62 bits per heavy atom. The van der Waals surface area contributed by atoms with Gasteiger partial charge < -0.3 is 15.5 Å². The molecule has 1 aliphatic carbocycles. The van der Waals surface area contributed by atoms with Crippen LogP contribution in [0.2, 0.25) is 0 Å². The van der Waals surface area contributed by atoms with Crippen molar-refractivity contribution >= 4 is 5.97 Å². The summed E-state index contributed by atoms with van der Waals surface area (Å²) < 4.78 is 0. The van der Waals surface area contributed by atoms with Crippen molar-refractivity contribution in [3.05, 3.63) is 0 Å². The summed E-state index contributed by atoms with van der Waals surface area (Å²) in [7, 11) is 0. The van der Waals surface area contributed by atoms with Crippen molar-refractivity contribution in [2.75, 3.05) is 6.61 Å². The Balaban J connectivity index is 2.32. The van der Waals surface area contributed by atoms with Gasteiger partial charge in [0.05, 0.1) is 12.5 Å². The maximum atomic E-state index is 10.6. The normalized spacial score (nSPS) is 29.4. The number of nitrogens with one attached hydrogen (secondary N) is 1. The second kappa shape index (κ2) is 4.58. The van der Waals surface area contributed by atoms with Crippen molar-refractivity contribution in [2.45, 2.75) is 38.3 Å². The maximum absolute atomic E-state index is 10.6. The molecule has 3 N–H and O–H groups in total. The Morgan fingerprint density at radius 1 is 1.62 bits per heavy atom. The topological polar surface area (TPSA) is 69.6 Å². The van der Waals surface area contributed by atoms with Crippen LogP contribution < -0.4 is 5.32 Å². The average molecular weight is 187 g/mol. The van der Waals surface area contributed by atoms with Gasteiger partial charge in [0, 0.05) is 12.1 Å². The molecule has 0 aromatic heterocycles. The third-order valence-electron chi connectivity index (χ3n) is 2.75. The fraction of sp³-hybridized carbons (Fsp3) is 0.889. The van der Waals surface area contributed by atoms with Gasteiger partial charge in [-0.3, -0.25) is 4.79 Å². The van der Waals surface area contributed by atoms with Crippen LogP contribution in [0.1, 0.15) is 26.2 Å². The van der Waals surface area contributed by atoms with E-state index >= 15 is 0 Å². The summed E-state index contributed by atoms with van der Waals surface area (Å²) in [5, 5.41) is 20.8. The van der Waals surface area contributed by atoms with Crippen molar-refractivity contribution in [3.63, 3.8) is 0 Å². The molecule has 0 aromatic carbocycles. The Bertz CT molecular complexity index is 180. The molecular weight excluding hydrogens is 170 g/mol. The van der Waals surface area contributed by atoms with Crippen LogP contribution in [0.15, 0.2) is 0 Å². The third kappa shape index (κ3) is 2.42. The molecule has 0 radical (unpaired) electrons. The molecule has 3 unspecified atom stereocenters. The van der Waals surface area contributed by atoms with Crippen LogP contribution >= 0.6 is 0 Å². The third-order valence-corrected chi connectivity index (χ3v) is 2.75. The molecular formula is C9H17NO3. The Hall–Kier alpha value is -0.610. The number of carboxylic acid groups (broad SMARTS) is 1. The van der Waals surface area contributed by atoms with Crippen LogP contribution in [0.25, 0.3) is 0 Å². The minimum atomic E-state index is -0.725. The number of aliphatic hydroxyl groups is 1. The van der Waals surface area contributed by atoms with Gasteiger partial charge in [0.2, 0.25) is 0 Å². The molecule has 1 fully saturated rings. The molecule has 76 valence electrons. The van der Waals surface area contributed by atoms with Gasteiger partial charge in [0.1, 0.15) is 0 Å². The predicted octanol–water partition coefficient (Wildman–Crippen LogP) is 0.210. The lowest BCUT2D eigenvalue weighted by atomic mass is 9.79. The van der Waals surface area contributed by atoms with Gasteiger partial charge in [-0.2, -0.15) is 0 Å². The standard InChI is InChI=1S/C9H17NO3/c1-2-6(5-11)10-8-4-3-7(8)9(12)13/h6-8,10-11H,2-5H2,1H3,(H,12,13). The summed E-state index contributed by atoms with van der Waals surface area (Å²) in [4.78, 5) is 10.6. The van der Waals surface area contributed by atoms with E-state index in [9.17, 15) is 4.79 Å². The van der Waals surface area contributed by atoms with Crippen LogP contribution in [-0.2, 0) is 4.79 Å². The summed E-state index contributed by atoms with van der Waals surface area (Å²) in [5.41, 5.74) is 0. The second-order valence-electron chi connectivity index (χ2n) is 3.58. The molecule has 0 spiro atoms. The van der Waals surface area contributed by atoms with Crippen molar-refractivity contribution in [1.82, 2.24) is 5.32 Å². The van der Waals surface area contributed by atoms with Gasteiger partial charge in [-0.25, -0.2) is 0 Å². The molecule has 13 heavy (non-hydrogen) atoms. The van der Waals surface area contributed by atoms with Gasteiger partial charge in [-0.1, -0.05) is 6.92 Å². The minimum Gasteiger partial charge on any atom is -0.481 e. The zero-order valence-electron chi connectivity index (χ0n) is 7.86. The number of carbonyl (C=O) groups is 1. The molecule has 0 amide bonds. The average Bonchev–Trinajstić information content (AvgIpc) is 2.03. The number of hydrogen-bond acceptors (Lipinski definition) is 3. The summed E-state index contributed by atoms with van der Waals surface area (Å²) in [6, 6.07) is 0.113. The van der Waals surface area contributed by atoms with E-state index in [4.69, 9.17) is 10.2 Å². The molecule has 3 atom stereocenters. The van der Waals surface area contributed by atoms with Gasteiger partial charge in [0.25, 0.3) is 0 Å². The van der Waals surface area contributed by atoms with E-state index in [1.54, 1.807) is 0 Å². The number of hydrogen-bond donors (Lipinski definition) is 3. The highest BCUT2D eigenvalue weighted by Crippen LogP contribution is 2.27. The first-order valence-corrected chi connectivity index (χ1v) is 4.78. The van der Waals surface area contributed by atoms with Crippen molar-refractivity contribution < 1.29 is 15.0 Å². The van der Waals surface area contributed by atoms with E-state index in [2.05, 4.69) is 5.32 Å². The summed E-state index contributed by atoms with van der Waals surface area (Å²) >= 11 is 0. The van der Waals surface area contributed by atoms with E-state index in [0.29, 0.717) is 0 Å². The van der Waals surface area contributed by atoms with Crippen LogP contribution in [-0.4, -0.2) is 34.9 Å². The Kier molecular flexibility index (Phi) is 3.69. The number of rotatable bonds is 5. The maximum Gasteiger partial charge on any atom is 0.308 e. The molecule has 0 aliphatic heterocycles. The summed E-state index contributed by atoms with van der Waals surface area (Å²) in [5.74, 6) is -0.975. The molecule has 1 saturated carbocycles. The quantitative estimate of drug-likeness (QED) is 0.575. The van der Waals surface area contributed by atoms with Crippen LogP contribution in [0.4, 0.5) is 0 Å². The Morgan fingerprint density at radius 2 is 2.31 bits per heavy atom. The molecule has 0 heterocycles. The molecule has 0 bridgehead atoms. The highest BCUT2D eigenvalue weighted by molar-refractivity contribution is 5.72. The fourth-order valence-corrected chi connectivity index (χ4v) is 1.60. The lowest BCUT2D eigenvalue weighted by Crippen LogP contribution is -2.52. The van der Waals surface area contributed by atoms with Gasteiger partial charge in [-0.15, -0.1) is 0 Å². The molecule has 0 aromatic rings. The van der Waals surface area contributed by atoms with Crippen molar-refractivity contribution in [1.29, 1.82) is 0 Å². The van der Waals surface area contributed by atoms with Crippen molar-refractivity contribution in [3.8, 4) is 0 Å². The molecule has 1 aliphatic rings. The van der Waals surface area contributed by atoms with E-state index in [-0.39, 0.29) is 24.6 Å². The molecule has 4 nitrogen and oxygen atoms in total. The van der Waals surface area contributed by atoms with Gasteiger partial charge >= 0.3 is 5.97 Å². The predicted molar refractivity (Wildman–Crippen MR) is 48.4 cm³/mol. The van der Waals surface area contributed by atoms with Gasteiger partial charge in [0.15, 0.2) is 0 Å². The van der Waals surface area contributed by atoms with Crippen molar-refractivity contribution in [2.24, 2.45) is 5.92 Å². The van der Waals surface area contributed by atoms with Crippen LogP contribution in [0.5, 0.6) is 0 Å². The first-order valence-electron chi connectivity index (χ1n) is 4.78. The van der Waals surface area contributed by atoms with E-state index in [0.717, 1.165) is 19.3 Å². The van der Waals surface area contributed by atoms with E-state index in [1.165, 1.54) is 0 Å². The zero-order valence-corrected chi connectivity index (χ0v) is 7.86. The smallest absolute Gasteiger partial charge is 0.308 e.